The van der Waals surface area contributed by atoms with E-state index in [4.69, 9.17) is 22.1 Å². The van der Waals surface area contributed by atoms with Crippen molar-refractivity contribution in [3.8, 4) is 0 Å². The topological polar surface area (TPSA) is 35.2 Å². The van der Waals surface area contributed by atoms with Crippen molar-refractivity contribution in [2.45, 2.75) is 37.8 Å². The molecule has 0 bridgehead atoms. The number of hydrogen-bond acceptors (Lipinski definition) is 2. The van der Waals surface area contributed by atoms with Crippen LogP contribution in [0.4, 0.5) is 4.39 Å². The van der Waals surface area contributed by atoms with Crippen LogP contribution >= 0.6 is 11.6 Å². The number of halogens is 2. The number of ether oxygens (including phenoxy) is 1. The van der Waals surface area contributed by atoms with E-state index >= 15 is 0 Å². The fraction of sp³-hybridized carbons (Fsp3) is 0.538. The molecule has 0 saturated carbocycles. The summed E-state index contributed by atoms with van der Waals surface area (Å²) in [5, 5.41) is 0.406. The van der Waals surface area contributed by atoms with Gasteiger partial charge in [-0.25, -0.2) is 4.39 Å². The number of nitrogens with two attached hydrogens (primary N) is 1. The van der Waals surface area contributed by atoms with Gasteiger partial charge in [0.1, 0.15) is 5.82 Å². The first-order valence-corrected chi connectivity index (χ1v) is 6.22. The van der Waals surface area contributed by atoms with E-state index in [2.05, 4.69) is 0 Å². The number of benzene rings is 1. The van der Waals surface area contributed by atoms with Gasteiger partial charge < -0.3 is 10.5 Å². The Hall–Kier alpha value is -0.640. The summed E-state index contributed by atoms with van der Waals surface area (Å²) in [6.45, 7) is 2.74. The van der Waals surface area contributed by atoms with Gasteiger partial charge in [0.2, 0.25) is 0 Å². The molecule has 17 heavy (non-hydrogen) atoms. The van der Waals surface area contributed by atoms with Crippen LogP contribution in [0.15, 0.2) is 18.2 Å². The van der Waals surface area contributed by atoms with Gasteiger partial charge in [-0.3, -0.25) is 0 Å². The molecule has 4 heteroatoms. The summed E-state index contributed by atoms with van der Waals surface area (Å²) < 4.78 is 19.3. The molecule has 94 valence electrons. The van der Waals surface area contributed by atoms with Gasteiger partial charge in [0.05, 0.1) is 5.60 Å². The van der Waals surface area contributed by atoms with Crippen LogP contribution in [0.5, 0.6) is 0 Å². The van der Waals surface area contributed by atoms with Crippen molar-refractivity contribution in [1.29, 1.82) is 0 Å². The summed E-state index contributed by atoms with van der Waals surface area (Å²) in [5.41, 5.74) is 6.40. The molecule has 2 N–H and O–H groups in total. The maximum Gasteiger partial charge on any atom is 0.127 e. The normalized spacial score (nSPS) is 26.1. The van der Waals surface area contributed by atoms with Crippen LogP contribution < -0.4 is 5.73 Å². The highest BCUT2D eigenvalue weighted by atomic mass is 35.5. The highest BCUT2D eigenvalue weighted by molar-refractivity contribution is 6.30. The summed E-state index contributed by atoms with van der Waals surface area (Å²) in [5.74, 6) is -0.297. The Bertz CT molecular complexity index is 404. The Morgan fingerprint density at radius 3 is 2.94 bits per heavy atom. The molecule has 2 atom stereocenters. The van der Waals surface area contributed by atoms with Crippen molar-refractivity contribution in [2.75, 3.05) is 6.61 Å². The van der Waals surface area contributed by atoms with Gasteiger partial charge in [0.15, 0.2) is 0 Å². The van der Waals surface area contributed by atoms with Crippen LogP contribution in [0.2, 0.25) is 5.02 Å². The molecule has 1 aromatic carbocycles. The molecule has 0 amide bonds. The van der Waals surface area contributed by atoms with Crippen molar-refractivity contribution in [3.05, 3.63) is 34.6 Å². The second kappa shape index (κ2) is 4.92. The molecule has 0 aromatic heterocycles. The average molecular weight is 258 g/mol. The van der Waals surface area contributed by atoms with E-state index < -0.39 is 0 Å². The lowest BCUT2D eigenvalue weighted by Gasteiger charge is -2.30. The quantitative estimate of drug-likeness (QED) is 0.904. The van der Waals surface area contributed by atoms with Crippen molar-refractivity contribution in [2.24, 2.45) is 5.73 Å². The summed E-state index contributed by atoms with van der Waals surface area (Å²) >= 11 is 5.71. The third-order valence-electron chi connectivity index (χ3n) is 3.49. The van der Waals surface area contributed by atoms with Gasteiger partial charge in [0, 0.05) is 17.7 Å². The summed E-state index contributed by atoms with van der Waals surface area (Å²) in [7, 11) is 0. The molecule has 1 heterocycles. The molecule has 0 spiro atoms. The Balaban J connectivity index is 2.10. The number of rotatable bonds is 3. The maximum atomic E-state index is 13.6. The van der Waals surface area contributed by atoms with Crippen molar-refractivity contribution in [3.63, 3.8) is 0 Å². The Labute approximate surface area is 106 Å². The van der Waals surface area contributed by atoms with Crippen molar-refractivity contribution in [1.82, 2.24) is 0 Å². The molecular formula is C13H17ClFNO. The zero-order chi connectivity index (χ0) is 12.5. The van der Waals surface area contributed by atoms with Gasteiger partial charge in [-0.1, -0.05) is 17.7 Å². The van der Waals surface area contributed by atoms with Crippen LogP contribution in [0.1, 0.15) is 25.3 Å². The van der Waals surface area contributed by atoms with Gasteiger partial charge in [-0.05, 0) is 43.9 Å². The van der Waals surface area contributed by atoms with Crippen molar-refractivity contribution >= 4 is 11.6 Å². The highest BCUT2D eigenvalue weighted by Crippen LogP contribution is 2.29. The third kappa shape index (κ3) is 2.79. The standard InChI is InChI=1S/C13H17ClFNO/c1-13(5-2-6-17-13)12(16)7-9-3-4-10(14)8-11(9)15/h3-4,8,12H,2,5-7,16H2,1H3. The first-order chi connectivity index (χ1) is 8.01. The summed E-state index contributed by atoms with van der Waals surface area (Å²) in [4.78, 5) is 0. The lowest BCUT2D eigenvalue weighted by Crippen LogP contribution is -2.46. The summed E-state index contributed by atoms with van der Waals surface area (Å²) in [6, 6.07) is 4.50. The van der Waals surface area contributed by atoms with E-state index in [9.17, 15) is 4.39 Å². The predicted octanol–water partition coefficient (Wildman–Crippen LogP) is 2.92. The van der Waals surface area contributed by atoms with Crippen LogP contribution in [-0.2, 0) is 11.2 Å². The summed E-state index contributed by atoms with van der Waals surface area (Å²) in [6.07, 6.45) is 2.43. The molecule has 1 aliphatic rings. The van der Waals surface area contributed by atoms with E-state index in [1.165, 1.54) is 6.07 Å². The van der Waals surface area contributed by atoms with Crippen LogP contribution in [0.25, 0.3) is 0 Å². The maximum absolute atomic E-state index is 13.6. The first kappa shape index (κ1) is 12.8. The Morgan fingerprint density at radius 2 is 2.35 bits per heavy atom. The van der Waals surface area contributed by atoms with E-state index in [1.54, 1.807) is 12.1 Å². The fourth-order valence-corrected chi connectivity index (χ4v) is 2.39. The molecule has 0 aliphatic carbocycles. The average Bonchev–Trinajstić information content (AvgIpc) is 2.71. The minimum absolute atomic E-state index is 0.194. The molecule has 1 aliphatic heterocycles. The zero-order valence-corrected chi connectivity index (χ0v) is 10.6. The SMILES string of the molecule is CC1(C(N)Cc2ccc(Cl)cc2F)CCCO1. The second-order valence-electron chi connectivity index (χ2n) is 4.81. The van der Waals surface area contributed by atoms with Crippen LogP contribution in [-0.4, -0.2) is 18.2 Å². The molecule has 1 saturated heterocycles. The molecule has 0 radical (unpaired) electrons. The van der Waals surface area contributed by atoms with Gasteiger partial charge in [-0.15, -0.1) is 0 Å². The van der Waals surface area contributed by atoms with E-state index in [1.807, 2.05) is 6.92 Å². The van der Waals surface area contributed by atoms with E-state index in [0.717, 1.165) is 19.4 Å². The lowest BCUT2D eigenvalue weighted by molar-refractivity contribution is -0.00106. The van der Waals surface area contributed by atoms with Gasteiger partial charge in [0.25, 0.3) is 0 Å². The molecule has 1 fully saturated rings. The molecule has 2 nitrogen and oxygen atoms in total. The fourth-order valence-electron chi connectivity index (χ4n) is 2.23. The number of hydrogen-bond donors (Lipinski definition) is 1. The zero-order valence-electron chi connectivity index (χ0n) is 9.88. The highest BCUT2D eigenvalue weighted by Gasteiger charge is 2.36. The predicted molar refractivity (Wildman–Crippen MR) is 66.7 cm³/mol. The van der Waals surface area contributed by atoms with Crippen LogP contribution in [0.3, 0.4) is 0 Å². The Kier molecular flexibility index (Phi) is 3.71. The van der Waals surface area contributed by atoms with E-state index in [-0.39, 0.29) is 17.5 Å². The van der Waals surface area contributed by atoms with Gasteiger partial charge in [-0.2, -0.15) is 0 Å². The monoisotopic (exact) mass is 257 g/mol. The molecular weight excluding hydrogens is 241 g/mol. The molecule has 2 unspecified atom stereocenters. The first-order valence-electron chi connectivity index (χ1n) is 5.85. The lowest BCUT2D eigenvalue weighted by atomic mass is 9.89. The van der Waals surface area contributed by atoms with Crippen LogP contribution in [0, 0.1) is 5.82 Å². The molecule has 2 rings (SSSR count). The minimum atomic E-state index is -0.327. The largest absolute Gasteiger partial charge is 0.374 e. The second-order valence-corrected chi connectivity index (χ2v) is 5.25. The Morgan fingerprint density at radius 1 is 1.59 bits per heavy atom. The minimum Gasteiger partial charge on any atom is -0.374 e. The third-order valence-corrected chi connectivity index (χ3v) is 3.72. The van der Waals surface area contributed by atoms with E-state index in [0.29, 0.717) is 17.0 Å². The van der Waals surface area contributed by atoms with Gasteiger partial charge >= 0.3 is 0 Å². The van der Waals surface area contributed by atoms with Crippen molar-refractivity contribution < 1.29 is 9.13 Å². The smallest absolute Gasteiger partial charge is 0.127 e. The molecule has 1 aromatic rings.